The first-order chi connectivity index (χ1) is 11.3. The summed E-state index contributed by atoms with van der Waals surface area (Å²) in [4.78, 5) is 11.0. The standard InChI is InChI=1S/C20H24N2OS/c1-15(6-4-7-16(2)12-17(3)23)9-10-19-18(13-21)8-5-11-20(19,24)14-22/h4,7,9-10,12,15,24H,5-6,8,11H2,1-3H3/b7-4+,10-9+,16-12+. The summed E-state index contributed by atoms with van der Waals surface area (Å²) in [6.45, 7) is 5.51. The Morgan fingerprint density at radius 1 is 1.42 bits per heavy atom. The van der Waals surface area contributed by atoms with Crippen LogP contribution in [0.1, 0.15) is 46.5 Å². The van der Waals surface area contributed by atoms with Crippen LogP contribution in [0.5, 0.6) is 0 Å². The summed E-state index contributed by atoms with van der Waals surface area (Å²) in [5.41, 5.74) is 2.34. The van der Waals surface area contributed by atoms with Gasteiger partial charge in [0.05, 0.1) is 12.1 Å². The Labute approximate surface area is 150 Å². The van der Waals surface area contributed by atoms with Gasteiger partial charge in [0.15, 0.2) is 5.78 Å². The second-order valence-corrected chi connectivity index (χ2v) is 7.07. The number of carbonyl (C=O) groups is 1. The highest BCUT2D eigenvalue weighted by Crippen LogP contribution is 2.39. The van der Waals surface area contributed by atoms with E-state index >= 15 is 0 Å². The molecule has 126 valence electrons. The van der Waals surface area contributed by atoms with Gasteiger partial charge in [-0.05, 0) is 62.7 Å². The van der Waals surface area contributed by atoms with Gasteiger partial charge in [-0.1, -0.05) is 31.2 Å². The minimum atomic E-state index is -0.865. The lowest BCUT2D eigenvalue weighted by Gasteiger charge is -2.28. The van der Waals surface area contributed by atoms with Crippen LogP contribution in [0.25, 0.3) is 0 Å². The van der Waals surface area contributed by atoms with Gasteiger partial charge in [0.1, 0.15) is 4.75 Å². The Morgan fingerprint density at radius 2 is 2.12 bits per heavy atom. The summed E-state index contributed by atoms with van der Waals surface area (Å²) >= 11 is 4.52. The monoisotopic (exact) mass is 340 g/mol. The maximum atomic E-state index is 11.0. The molecular formula is C20H24N2OS. The quantitative estimate of drug-likeness (QED) is 0.427. The molecule has 0 aromatic rings. The Bertz CT molecular complexity index is 685. The molecule has 0 amide bonds. The number of carbonyl (C=O) groups excluding carboxylic acids is 1. The van der Waals surface area contributed by atoms with E-state index in [0.29, 0.717) is 18.4 Å². The van der Waals surface area contributed by atoms with Crippen LogP contribution in [0.4, 0.5) is 0 Å². The Balaban J connectivity index is 2.82. The fraction of sp³-hybridized carbons (Fsp3) is 0.450. The normalized spacial score (nSPS) is 23.3. The predicted molar refractivity (Wildman–Crippen MR) is 100 cm³/mol. The van der Waals surface area contributed by atoms with Gasteiger partial charge in [0.25, 0.3) is 0 Å². The molecule has 2 atom stereocenters. The topological polar surface area (TPSA) is 64.7 Å². The van der Waals surface area contributed by atoms with Crippen molar-refractivity contribution >= 4 is 18.4 Å². The van der Waals surface area contributed by atoms with E-state index in [1.807, 2.05) is 31.2 Å². The van der Waals surface area contributed by atoms with Gasteiger partial charge < -0.3 is 0 Å². The third kappa shape index (κ3) is 5.87. The van der Waals surface area contributed by atoms with Gasteiger partial charge >= 0.3 is 0 Å². The van der Waals surface area contributed by atoms with Crippen molar-refractivity contribution in [3.05, 3.63) is 47.1 Å². The van der Waals surface area contributed by atoms with Crippen molar-refractivity contribution < 1.29 is 4.79 Å². The summed E-state index contributed by atoms with van der Waals surface area (Å²) in [6, 6.07) is 4.46. The number of nitriles is 2. The zero-order chi connectivity index (χ0) is 18.2. The van der Waals surface area contributed by atoms with E-state index in [2.05, 4.69) is 31.7 Å². The third-order valence-corrected chi connectivity index (χ3v) is 4.53. The Kier molecular flexibility index (Phi) is 7.75. The lowest BCUT2D eigenvalue weighted by Crippen LogP contribution is -2.26. The fourth-order valence-corrected chi connectivity index (χ4v) is 3.05. The van der Waals surface area contributed by atoms with Crippen LogP contribution in [0, 0.1) is 28.6 Å². The van der Waals surface area contributed by atoms with Crippen molar-refractivity contribution in [1.82, 2.24) is 0 Å². The fourth-order valence-electron chi connectivity index (χ4n) is 2.69. The molecule has 0 heterocycles. The van der Waals surface area contributed by atoms with E-state index in [-0.39, 0.29) is 11.7 Å². The minimum Gasteiger partial charge on any atom is -0.295 e. The van der Waals surface area contributed by atoms with Crippen molar-refractivity contribution in [2.75, 3.05) is 0 Å². The van der Waals surface area contributed by atoms with Crippen molar-refractivity contribution in [3.63, 3.8) is 0 Å². The number of rotatable bonds is 6. The van der Waals surface area contributed by atoms with E-state index < -0.39 is 4.75 Å². The molecule has 4 heteroatoms. The molecule has 0 bridgehead atoms. The number of hydrogen-bond acceptors (Lipinski definition) is 4. The number of hydrogen-bond donors (Lipinski definition) is 1. The third-order valence-electron chi connectivity index (χ3n) is 3.97. The SMILES string of the molecule is CC(=O)/C=C(C)/C=C/CC(C)/C=C/C1=C(C#N)CCCC1(S)C#N. The molecule has 2 unspecified atom stereocenters. The van der Waals surface area contributed by atoms with Crippen LogP contribution in [0.3, 0.4) is 0 Å². The maximum Gasteiger partial charge on any atom is 0.152 e. The molecule has 0 aliphatic heterocycles. The summed E-state index contributed by atoms with van der Waals surface area (Å²) in [5.74, 6) is 0.303. The number of ketones is 1. The molecular weight excluding hydrogens is 316 g/mol. The largest absolute Gasteiger partial charge is 0.295 e. The highest BCUT2D eigenvalue weighted by molar-refractivity contribution is 7.82. The van der Waals surface area contributed by atoms with Gasteiger partial charge in [0.2, 0.25) is 0 Å². The molecule has 1 rings (SSSR count). The van der Waals surface area contributed by atoms with Crippen molar-refractivity contribution in [1.29, 1.82) is 10.5 Å². The molecule has 0 saturated carbocycles. The van der Waals surface area contributed by atoms with Crippen molar-refractivity contribution in [2.45, 2.75) is 51.2 Å². The molecule has 1 aliphatic carbocycles. The molecule has 24 heavy (non-hydrogen) atoms. The maximum absolute atomic E-state index is 11.0. The molecule has 0 N–H and O–H groups in total. The minimum absolute atomic E-state index is 0.0417. The highest BCUT2D eigenvalue weighted by atomic mass is 32.1. The molecule has 0 spiro atoms. The second-order valence-electron chi connectivity index (χ2n) is 6.30. The lowest BCUT2D eigenvalue weighted by atomic mass is 9.82. The van der Waals surface area contributed by atoms with Crippen LogP contribution < -0.4 is 0 Å². The van der Waals surface area contributed by atoms with Crippen LogP contribution >= 0.6 is 12.6 Å². The first-order valence-electron chi connectivity index (χ1n) is 8.13. The first-order valence-corrected chi connectivity index (χ1v) is 8.58. The summed E-state index contributed by atoms with van der Waals surface area (Å²) < 4.78 is -0.865. The second kappa shape index (κ2) is 9.30. The molecule has 0 radical (unpaired) electrons. The van der Waals surface area contributed by atoms with Crippen molar-refractivity contribution in [3.8, 4) is 12.1 Å². The summed E-state index contributed by atoms with van der Waals surface area (Å²) in [7, 11) is 0. The molecule has 1 aliphatic rings. The zero-order valence-electron chi connectivity index (χ0n) is 14.5. The molecule has 0 fully saturated rings. The average molecular weight is 340 g/mol. The molecule has 0 saturated heterocycles. The van der Waals surface area contributed by atoms with E-state index in [1.54, 1.807) is 6.08 Å². The highest BCUT2D eigenvalue weighted by Gasteiger charge is 2.34. The van der Waals surface area contributed by atoms with Crippen LogP contribution in [0.2, 0.25) is 0 Å². The Hall–Kier alpha value is -2.04. The van der Waals surface area contributed by atoms with Gasteiger partial charge in [-0.15, -0.1) is 0 Å². The van der Waals surface area contributed by atoms with Crippen LogP contribution in [-0.2, 0) is 4.79 Å². The molecule has 3 nitrogen and oxygen atoms in total. The van der Waals surface area contributed by atoms with E-state index in [9.17, 15) is 15.3 Å². The van der Waals surface area contributed by atoms with Crippen LogP contribution in [-0.4, -0.2) is 10.5 Å². The summed E-state index contributed by atoms with van der Waals surface area (Å²) in [6.07, 6.45) is 12.5. The van der Waals surface area contributed by atoms with Crippen LogP contribution in [0.15, 0.2) is 47.1 Å². The Morgan fingerprint density at radius 3 is 2.71 bits per heavy atom. The van der Waals surface area contributed by atoms with Gasteiger partial charge in [-0.3, -0.25) is 4.79 Å². The van der Waals surface area contributed by atoms with Gasteiger partial charge in [-0.2, -0.15) is 23.2 Å². The number of allylic oxidation sites excluding steroid dienone is 7. The average Bonchev–Trinajstić information content (AvgIpc) is 2.52. The summed E-state index contributed by atoms with van der Waals surface area (Å²) in [5, 5.41) is 18.7. The number of thiol groups is 1. The predicted octanol–water partition coefficient (Wildman–Crippen LogP) is 4.86. The van der Waals surface area contributed by atoms with E-state index in [0.717, 1.165) is 24.0 Å². The molecule has 0 aromatic heterocycles. The zero-order valence-corrected chi connectivity index (χ0v) is 15.4. The number of nitrogens with zero attached hydrogens (tertiary/aromatic N) is 2. The first kappa shape index (κ1) is 20.0. The smallest absolute Gasteiger partial charge is 0.152 e. The van der Waals surface area contributed by atoms with Gasteiger partial charge in [0, 0.05) is 5.57 Å². The van der Waals surface area contributed by atoms with E-state index in [1.165, 1.54) is 6.92 Å². The van der Waals surface area contributed by atoms with E-state index in [4.69, 9.17) is 0 Å². The molecule has 0 aromatic carbocycles. The van der Waals surface area contributed by atoms with Gasteiger partial charge in [-0.25, -0.2) is 0 Å². The van der Waals surface area contributed by atoms with Crippen molar-refractivity contribution in [2.24, 2.45) is 5.92 Å². The lowest BCUT2D eigenvalue weighted by molar-refractivity contribution is -0.112.